The number of ether oxygens (including phenoxy) is 4. The lowest BCUT2D eigenvalue weighted by Gasteiger charge is -2.29. The first-order valence-corrected chi connectivity index (χ1v) is 11.1. The predicted octanol–water partition coefficient (Wildman–Crippen LogP) is 5.56. The van der Waals surface area contributed by atoms with Gasteiger partial charge in [0.1, 0.15) is 0 Å². The van der Waals surface area contributed by atoms with E-state index in [9.17, 15) is 4.79 Å². The molecule has 32 heavy (non-hydrogen) atoms. The maximum atomic E-state index is 12.8. The van der Waals surface area contributed by atoms with Gasteiger partial charge >= 0.3 is 0 Å². The van der Waals surface area contributed by atoms with E-state index in [1.54, 1.807) is 39.8 Å². The molecule has 1 N–H and O–H groups in total. The summed E-state index contributed by atoms with van der Waals surface area (Å²) in [5, 5.41) is 9.02. The molecule has 1 atom stereocenters. The molecule has 4 aromatic rings. The highest BCUT2D eigenvalue weighted by atomic mass is 32.1. The van der Waals surface area contributed by atoms with Crippen LogP contribution in [0.5, 0.6) is 23.0 Å². The highest BCUT2D eigenvalue weighted by molar-refractivity contribution is 7.10. The Kier molecular flexibility index (Phi) is 5.06. The van der Waals surface area contributed by atoms with Crippen LogP contribution in [0.4, 0.5) is 5.69 Å². The van der Waals surface area contributed by atoms with Gasteiger partial charge in [-0.2, -0.15) is 0 Å². The highest BCUT2D eigenvalue weighted by Gasteiger charge is 2.32. The van der Waals surface area contributed by atoms with Crippen molar-refractivity contribution in [1.82, 2.24) is 0 Å². The SMILES string of the molecule is COc1cc2c3c(c4cc(OC)c(OC)cc4c2cc1OC)C(c1cccs1)CC(=O)N3. The molecule has 2 heterocycles. The zero-order valence-electron chi connectivity index (χ0n) is 18.3. The second kappa shape index (κ2) is 7.91. The van der Waals surface area contributed by atoms with Crippen LogP contribution in [-0.2, 0) is 4.79 Å². The van der Waals surface area contributed by atoms with E-state index in [0.717, 1.165) is 37.7 Å². The second-order valence-corrected chi connectivity index (χ2v) is 8.59. The molecule has 1 amide bonds. The van der Waals surface area contributed by atoms with Crippen LogP contribution in [0.1, 0.15) is 22.8 Å². The van der Waals surface area contributed by atoms with E-state index in [-0.39, 0.29) is 11.8 Å². The average molecular weight is 450 g/mol. The van der Waals surface area contributed by atoms with Gasteiger partial charge in [-0.15, -0.1) is 11.3 Å². The van der Waals surface area contributed by atoms with Crippen molar-refractivity contribution in [1.29, 1.82) is 0 Å². The fraction of sp³-hybridized carbons (Fsp3) is 0.240. The predicted molar refractivity (Wildman–Crippen MR) is 127 cm³/mol. The molecule has 1 aromatic heterocycles. The highest BCUT2D eigenvalue weighted by Crippen LogP contribution is 2.50. The van der Waals surface area contributed by atoms with Gasteiger partial charge in [0.25, 0.3) is 0 Å². The van der Waals surface area contributed by atoms with Crippen molar-refractivity contribution in [2.45, 2.75) is 12.3 Å². The number of benzene rings is 3. The zero-order chi connectivity index (χ0) is 22.4. The molecular formula is C25H23NO5S. The molecule has 0 bridgehead atoms. The third kappa shape index (κ3) is 3.04. The van der Waals surface area contributed by atoms with Crippen LogP contribution in [0.2, 0.25) is 0 Å². The Bertz CT molecular complexity index is 1350. The van der Waals surface area contributed by atoms with Crippen molar-refractivity contribution in [3.63, 3.8) is 0 Å². The summed E-state index contributed by atoms with van der Waals surface area (Å²) < 4.78 is 22.4. The number of carbonyl (C=O) groups excluding carboxylic acids is 1. The Hall–Kier alpha value is -3.45. The van der Waals surface area contributed by atoms with Crippen LogP contribution in [-0.4, -0.2) is 34.3 Å². The minimum atomic E-state index is -0.0585. The largest absolute Gasteiger partial charge is 0.493 e. The Morgan fingerprint density at radius 2 is 1.34 bits per heavy atom. The normalized spacial score (nSPS) is 15.4. The fourth-order valence-corrected chi connectivity index (χ4v) is 5.46. The van der Waals surface area contributed by atoms with E-state index in [0.29, 0.717) is 29.4 Å². The Balaban J connectivity index is 1.98. The van der Waals surface area contributed by atoms with E-state index in [1.807, 2.05) is 35.7 Å². The van der Waals surface area contributed by atoms with E-state index < -0.39 is 0 Å². The summed E-state index contributed by atoms with van der Waals surface area (Å²) in [6.45, 7) is 0. The number of hydrogen-bond donors (Lipinski definition) is 1. The molecule has 0 fully saturated rings. The van der Waals surface area contributed by atoms with Gasteiger partial charge < -0.3 is 24.3 Å². The molecule has 7 heteroatoms. The number of thiophene rings is 1. The number of fused-ring (bicyclic) bond motifs is 6. The lowest BCUT2D eigenvalue weighted by atomic mass is 9.82. The minimum Gasteiger partial charge on any atom is -0.493 e. The molecule has 0 spiro atoms. The molecule has 3 aromatic carbocycles. The van der Waals surface area contributed by atoms with Gasteiger partial charge in [-0.25, -0.2) is 0 Å². The lowest BCUT2D eigenvalue weighted by Crippen LogP contribution is -2.23. The van der Waals surface area contributed by atoms with Gasteiger partial charge in [-0.1, -0.05) is 6.07 Å². The maximum Gasteiger partial charge on any atom is 0.225 e. The van der Waals surface area contributed by atoms with Gasteiger partial charge in [0, 0.05) is 22.6 Å². The van der Waals surface area contributed by atoms with E-state index >= 15 is 0 Å². The van der Waals surface area contributed by atoms with Crippen LogP contribution in [0.25, 0.3) is 21.5 Å². The monoisotopic (exact) mass is 449 g/mol. The molecule has 0 radical (unpaired) electrons. The summed E-state index contributed by atoms with van der Waals surface area (Å²) in [6.07, 6.45) is 0.385. The van der Waals surface area contributed by atoms with E-state index in [2.05, 4.69) is 11.4 Å². The summed E-state index contributed by atoms with van der Waals surface area (Å²) in [7, 11) is 6.48. The third-order valence-corrected chi connectivity index (χ3v) is 7.04. The van der Waals surface area contributed by atoms with Crippen LogP contribution >= 0.6 is 11.3 Å². The molecule has 1 unspecified atom stereocenters. The smallest absolute Gasteiger partial charge is 0.225 e. The number of hydrogen-bond acceptors (Lipinski definition) is 6. The number of nitrogens with one attached hydrogen (secondary N) is 1. The van der Waals surface area contributed by atoms with Crippen molar-refractivity contribution >= 4 is 44.5 Å². The van der Waals surface area contributed by atoms with Gasteiger partial charge in [0.2, 0.25) is 5.91 Å². The Labute approximate surface area is 189 Å². The van der Waals surface area contributed by atoms with E-state index in [1.165, 1.54) is 0 Å². The number of methoxy groups -OCH3 is 4. The first-order chi connectivity index (χ1) is 15.6. The summed E-state index contributed by atoms with van der Waals surface area (Å²) >= 11 is 1.66. The van der Waals surface area contributed by atoms with Gasteiger partial charge in [0.15, 0.2) is 23.0 Å². The number of amides is 1. The first-order valence-electron chi connectivity index (χ1n) is 10.2. The van der Waals surface area contributed by atoms with Crippen molar-refractivity contribution in [3.05, 3.63) is 52.2 Å². The lowest BCUT2D eigenvalue weighted by molar-refractivity contribution is -0.116. The summed E-state index contributed by atoms with van der Waals surface area (Å²) in [6, 6.07) is 12.0. The minimum absolute atomic E-state index is 0.00758. The number of carbonyl (C=O) groups is 1. The van der Waals surface area contributed by atoms with Gasteiger partial charge in [0.05, 0.1) is 34.1 Å². The van der Waals surface area contributed by atoms with Gasteiger partial charge in [-0.05, 0) is 57.4 Å². The van der Waals surface area contributed by atoms with Crippen molar-refractivity contribution in [3.8, 4) is 23.0 Å². The van der Waals surface area contributed by atoms with Crippen LogP contribution in [0, 0.1) is 0 Å². The number of rotatable bonds is 5. The molecule has 6 nitrogen and oxygen atoms in total. The molecule has 0 aliphatic carbocycles. The molecular weight excluding hydrogens is 426 g/mol. The van der Waals surface area contributed by atoms with Crippen LogP contribution < -0.4 is 24.3 Å². The van der Waals surface area contributed by atoms with Crippen LogP contribution in [0.15, 0.2) is 41.8 Å². The molecule has 1 aliphatic heterocycles. The molecule has 164 valence electrons. The number of anilines is 1. The Morgan fingerprint density at radius 1 is 0.812 bits per heavy atom. The topological polar surface area (TPSA) is 66.0 Å². The molecule has 0 saturated carbocycles. The van der Waals surface area contributed by atoms with Crippen LogP contribution in [0.3, 0.4) is 0 Å². The fourth-order valence-electron chi connectivity index (χ4n) is 4.62. The summed E-state index contributed by atoms with van der Waals surface area (Å²) in [5.74, 6) is 2.44. The zero-order valence-corrected chi connectivity index (χ0v) is 19.1. The van der Waals surface area contributed by atoms with Crippen molar-refractivity contribution in [2.24, 2.45) is 0 Å². The molecule has 5 rings (SSSR count). The standard InChI is InChI=1S/C25H23NO5S/c1-28-18-8-13-14-9-19(29-2)21(31-4)11-16(14)25-24(15(13)10-20(18)30-3)17(12-23(27)26-25)22-6-5-7-32-22/h5-11,17H,12H2,1-4H3,(H,26,27). The quantitative estimate of drug-likeness (QED) is 0.404. The van der Waals surface area contributed by atoms with Crippen molar-refractivity contribution < 1.29 is 23.7 Å². The Morgan fingerprint density at radius 3 is 1.88 bits per heavy atom. The molecule has 1 aliphatic rings. The van der Waals surface area contributed by atoms with E-state index in [4.69, 9.17) is 18.9 Å². The van der Waals surface area contributed by atoms with Gasteiger partial charge in [-0.3, -0.25) is 4.79 Å². The second-order valence-electron chi connectivity index (χ2n) is 7.61. The third-order valence-electron chi connectivity index (χ3n) is 6.06. The van der Waals surface area contributed by atoms with Crippen molar-refractivity contribution in [2.75, 3.05) is 33.8 Å². The first kappa shape index (κ1) is 20.5. The summed E-state index contributed by atoms with van der Waals surface area (Å²) in [4.78, 5) is 14.0. The average Bonchev–Trinajstić information content (AvgIpc) is 3.36. The summed E-state index contributed by atoms with van der Waals surface area (Å²) in [5.41, 5.74) is 1.87. The molecule has 0 saturated heterocycles. The maximum absolute atomic E-state index is 12.8.